The first-order valence-corrected chi connectivity index (χ1v) is 7.40. The van der Waals surface area contributed by atoms with Crippen molar-refractivity contribution in [2.24, 2.45) is 0 Å². The zero-order chi connectivity index (χ0) is 17.5. The van der Waals surface area contributed by atoms with Crippen molar-refractivity contribution < 1.29 is 24.9 Å². The lowest BCUT2D eigenvalue weighted by Gasteiger charge is -2.39. The molecule has 1 aliphatic heterocycles. The molecule has 126 valence electrons. The summed E-state index contributed by atoms with van der Waals surface area (Å²) in [7, 11) is 0. The van der Waals surface area contributed by atoms with Gasteiger partial charge in [-0.25, -0.2) is 0 Å². The van der Waals surface area contributed by atoms with Crippen LogP contribution in [0.1, 0.15) is 37.5 Å². The second-order valence-electron chi connectivity index (χ2n) is 6.49. The molecule has 1 aromatic carbocycles. The predicted octanol–water partition coefficient (Wildman–Crippen LogP) is 0.745. The number of nitrogens with one attached hydrogen (secondary N) is 2. The largest absolute Gasteiger partial charge is 0.504 e. The van der Waals surface area contributed by atoms with Crippen LogP contribution in [0.15, 0.2) is 6.07 Å². The maximum atomic E-state index is 12.3. The van der Waals surface area contributed by atoms with Crippen LogP contribution < -0.4 is 10.6 Å². The highest BCUT2D eigenvalue weighted by atomic mass is 16.4. The molecule has 0 fully saturated rings. The molecule has 1 unspecified atom stereocenters. The Morgan fingerprint density at radius 3 is 2.57 bits per heavy atom. The van der Waals surface area contributed by atoms with Crippen molar-refractivity contribution >= 4 is 11.9 Å². The Kier molecular flexibility index (Phi) is 4.26. The lowest BCUT2D eigenvalue weighted by molar-refractivity contribution is -0.141. The molecule has 0 saturated carbocycles. The third-order valence-electron chi connectivity index (χ3n) is 4.32. The van der Waals surface area contributed by atoms with Crippen LogP contribution in [0.2, 0.25) is 0 Å². The van der Waals surface area contributed by atoms with Gasteiger partial charge >= 0.3 is 5.97 Å². The molecular formula is C16H22N2O5. The van der Waals surface area contributed by atoms with Crippen molar-refractivity contribution in [2.45, 2.75) is 51.7 Å². The molecule has 1 aliphatic rings. The van der Waals surface area contributed by atoms with E-state index in [0.29, 0.717) is 12.0 Å². The summed E-state index contributed by atoms with van der Waals surface area (Å²) in [6.07, 6.45) is 0.302. The Morgan fingerprint density at radius 1 is 1.39 bits per heavy atom. The fourth-order valence-corrected chi connectivity index (χ4v) is 2.95. The number of hydrogen-bond acceptors (Lipinski definition) is 5. The average molecular weight is 322 g/mol. The molecule has 23 heavy (non-hydrogen) atoms. The quantitative estimate of drug-likeness (QED) is 0.524. The van der Waals surface area contributed by atoms with E-state index in [1.807, 2.05) is 13.8 Å². The van der Waals surface area contributed by atoms with E-state index in [4.69, 9.17) is 5.11 Å². The van der Waals surface area contributed by atoms with E-state index in [1.54, 1.807) is 6.92 Å². The average Bonchev–Trinajstić information content (AvgIpc) is 2.45. The second kappa shape index (κ2) is 5.73. The number of benzene rings is 1. The van der Waals surface area contributed by atoms with Crippen molar-refractivity contribution in [3.63, 3.8) is 0 Å². The fourth-order valence-electron chi connectivity index (χ4n) is 2.95. The second-order valence-corrected chi connectivity index (χ2v) is 6.49. The lowest BCUT2D eigenvalue weighted by atomic mass is 9.79. The van der Waals surface area contributed by atoms with Gasteiger partial charge in [-0.15, -0.1) is 0 Å². The number of aliphatic carboxylic acids is 1. The SMILES string of the molecule is Cc1c(O)c(O)cc2c1C[C@@H](C(=O)NC(C)C(=O)O)NC2(C)C. The first kappa shape index (κ1) is 17.1. The van der Waals surface area contributed by atoms with Gasteiger partial charge < -0.3 is 20.6 Å². The molecule has 0 aromatic heterocycles. The molecule has 1 amide bonds. The highest BCUT2D eigenvalue weighted by Crippen LogP contribution is 2.40. The van der Waals surface area contributed by atoms with Crippen LogP contribution >= 0.6 is 0 Å². The zero-order valence-corrected chi connectivity index (χ0v) is 13.6. The minimum atomic E-state index is -1.10. The predicted molar refractivity (Wildman–Crippen MR) is 83.4 cm³/mol. The monoisotopic (exact) mass is 322 g/mol. The summed E-state index contributed by atoms with van der Waals surface area (Å²) >= 11 is 0. The molecule has 1 heterocycles. The number of phenolic OH excluding ortho intramolecular Hbond substituents is 2. The number of carboxylic acid groups (broad SMARTS) is 1. The lowest BCUT2D eigenvalue weighted by Crippen LogP contribution is -2.57. The first-order valence-electron chi connectivity index (χ1n) is 7.40. The molecule has 7 heteroatoms. The number of phenols is 2. The standard InChI is InChI=1S/C16H22N2O5/c1-7-9-5-11(14(21)17-8(2)15(22)23)18-16(3,4)10(9)6-12(19)13(7)20/h6,8,11,18-20H,5H2,1-4H3,(H,17,21)(H,22,23)/t8?,11-/m0/s1. The molecule has 2 rings (SSSR count). The maximum Gasteiger partial charge on any atom is 0.325 e. The summed E-state index contributed by atoms with van der Waals surface area (Å²) in [6, 6.07) is -0.108. The molecule has 1 aromatic rings. The molecule has 0 spiro atoms. The molecule has 0 saturated heterocycles. The summed E-state index contributed by atoms with van der Waals surface area (Å²) < 4.78 is 0. The van der Waals surface area contributed by atoms with Crippen LogP contribution in [0.5, 0.6) is 11.5 Å². The molecule has 0 bridgehead atoms. The fraction of sp³-hybridized carbons (Fsp3) is 0.500. The molecule has 2 atom stereocenters. The van der Waals surface area contributed by atoms with Crippen molar-refractivity contribution in [2.75, 3.05) is 0 Å². The summed E-state index contributed by atoms with van der Waals surface area (Å²) in [5.74, 6) is -1.91. The van der Waals surface area contributed by atoms with E-state index in [1.165, 1.54) is 13.0 Å². The van der Waals surface area contributed by atoms with Crippen molar-refractivity contribution in [3.8, 4) is 11.5 Å². The van der Waals surface area contributed by atoms with Crippen LogP contribution in [0.4, 0.5) is 0 Å². The van der Waals surface area contributed by atoms with Gasteiger partial charge in [-0.2, -0.15) is 0 Å². The van der Waals surface area contributed by atoms with Gasteiger partial charge in [-0.3, -0.25) is 14.9 Å². The van der Waals surface area contributed by atoms with E-state index >= 15 is 0 Å². The summed E-state index contributed by atoms with van der Waals surface area (Å²) in [6.45, 7) is 6.81. The van der Waals surface area contributed by atoms with Gasteiger partial charge in [0.25, 0.3) is 0 Å². The topological polar surface area (TPSA) is 119 Å². The van der Waals surface area contributed by atoms with Crippen LogP contribution in [0, 0.1) is 6.92 Å². The van der Waals surface area contributed by atoms with Crippen LogP contribution in [0.3, 0.4) is 0 Å². The first-order chi connectivity index (χ1) is 10.5. The number of carbonyl (C=O) groups is 2. The van der Waals surface area contributed by atoms with Crippen molar-refractivity contribution in [1.29, 1.82) is 0 Å². The number of aromatic hydroxyl groups is 2. The highest BCUT2D eigenvalue weighted by molar-refractivity contribution is 5.87. The van der Waals surface area contributed by atoms with Crippen LogP contribution in [-0.2, 0) is 21.5 Å². The van der Waals surface area contributed by atoms with E-state index in [0.717, 1.165) is 11.1 Å². The molecule has 5 N–H and O–H groups in total. The number of fused-ring (bicyclic) bond motifs is 1. The number of hydrogen-bond donors (Lipinski definition) is 5. The number of amides is 1. The van der Waals surface area contributed by atoms with Crippen LogP contribution in [0.25, 0.3) is 0 Å². The molecule has 0 radical (unpaired) electrons. The van der Waals surface area contributed by atoms with Gasteiger partial charge in [0.1, 0.15) is 6.04 Å². The number of carboxylic acids is 1. The van der Waals surface area contributed by atoms with Gasteiger partial charge in [0.2, 0.25) is 5.91 Å². The van der Waals surface area contributed by atoms with Crippen molar-refractivity contribution in [1.82, 2.24) is 10.6 Å². The summed E-state index contributed by atoms with van der Waals surface area (Å²) in [5, 5.41) is 34.3. The molecule has 0 aliphatic carbocycles. The van der Waals surface area contributed by atoms with E-state index in [2.05, 4.69) is 10.6 Å². The zero-order valence-electron chi connectivity index (χ0n) is 13.6. The van der Waals surface area contributed by atoms with Gasteiger partial charge in [0, 0.05) is 5.54 Å². The number of rotatable bonds is 3. The Balaban J connectivity index is 2.36. The van der Waals surface area contributed by atoms with Crippen LogP contribution in [-0.4, -0.2) is 39.3 Å². The Bertz CT molecular complexity index is 669. The minimum absolute atomic E-state index is 0.195. The normalized spacial score (nSPS) is 20.4. The van der Waals surface area contributed by atoms with E-state index < -0.39 is 29.5 Å². The third-order valence-corrected chi connectivity index (χ3v) is 4.32. The van der Waals surface area contributed by atoms with Gasteiger partial charge in [-0.05, 0) is 56.9 Å². The van der Waals surface area contributed by atoms with Gasteiger partial charge in [-0.1, -0.05) is 0 Å². The van der Waals surface area contributed by atoms with Gasteiger partial charge in [0.15, 0.2) is 11.5 Å². The number of carbonyl (C=O) groups excluding carboxylic acids is 1. The third kappa shape index (κ3) is 3.10. The Labute approximate surface area is 134 Å². The van der Waals surface area contributed by atoms with E-state index in [-0.39, 0.29) is 11.5 Å². The van der Waals surface area contributed by atoms with E-state index in [9.17, 15) is 19.8 Å². The smallest absolute Gasteiger partial charge is 0.325 e. The summed E-state index contributed by atoms with van der Waals surface area (Å²) in [5.41, 5.74) is 1.50. The highest BCUT2D eigenvalue weighted by Gasteiger charge is 2.38. The molecular weight excluding hydrogens is 300 g/mol. The Hall–Kier alpha value is -2.28. The van der Waals surface area contributed by atoms with Crippen molar-refractivity contribution in [3.05, 3.63) is 22.8 Å². The maximum absolute atomic E-state index is 12.3. The molecule has 7 nitrogen and oxygen atoms in total. The summed E-state index contributed by atoms with van der Waals surface area (Å²) in [4.78, 5) is 23.2. The Morgan fingerprint density at radius 2 is 2.00 bits per heavy atom. The minimum Gasteiger partial charge on any atom is -0.504 e. The van der Waals surface area contributed by atoms with Gasteiger partial charge in [0.05, 0.1) is 6.04 Å².